The molecule has 6 aromatic rings. The Balaban J connectivity index is 0.000000372. The third-order valence-corrected chi connectivity index (χ3v) is 14.5. The van der Waals surface area contributed by atoms with E-state index in [-0.39, 0.29) is 73.8 Å². The summed E-state index contributed by atoms with van der Waals surface area (Å²) in [6, 6.07) is 21.9. The van der Waals surface area contributed by atoms with Crippen molar-refractivity contribution in [3.63, 3.8) is 0 Å². The van der Waals surface area contributed by atoms with Gasteiger partial charge in [-0.1, -0.05) is 61.3 Å². The summed E-state index contributed by atoms with van der Waals surface area (Å²) in [5.74, 6) is -0.388. The molecule has 0 aliphatic carbocycles. The number of nitrogens with one attached hydrogen (secondary N) is 3. The van der Waals surface area contributed by atoms with Gasteiger partial charge in [0.1, 0.15) is 0 Å². The number of amides is 3. The van der Waals surface area contributed by atoms with E-state index in [0.717, 1.165) is 61.8 Å². The second-order valence-corrected chi connectivity index (χ2v) is 20.9. The molecule has 24 heteroatoms. The molecule has 2 aromatic heterocycles. The predicted octanol–water partition coefficient (Wildman–Crippen LogP) is 13.0. The largest absolute Gasteiger partial charge is 0.481 e. The van der Waals surface area contributed by atoms with Gasteiger partial charge in [0, 0.05) is 67.1 Å². The van der Waals surface area contributed by atoms with Crippen LogP contribution in [-0.2, 0) is 21.9 Å². The Bertz CT molecular complexity index is 3040. The first-order chi connectivity index (χ1) is 40.3. The summed E-state index contributed by atoms with van der Waals surface area (Å²) in [5.41, 5.74) is 2.01. The summed E-state index contributed by atoms with van der Waals surface area (Å²) in [4.78, 5) is 51.8. The van der Waals surface area contributed by atoms with Crippen LogP contribution in [0, 0.1) is 56.8 Å². The van der Waals surface area contributed by atoms with Crippen LogP contribution < -0.4 is 16.0 Å². The van der Waals surface area contributed by atoms with Crippen LogP contribution in [0.1, 0.15) is 146 Å². The smallest absolute Gasteiger partial charge is 0.416 e. The van der Waals surface area contributed by atoms with Crippen LogP contribution in [0.4, 0.5) is 30.7 Å². The Morgan fingerprint density at radius 3 is 1.46 bits per heavy atom. The van der Waals surface area contributed by atoms with Crippen LogP contribution in [0.25, 0.3) is 11.4 Å². The molecule has 3 amide bonds. The number of likely N-dealkylation sites (tertiary alicyclic amines) is 1. The van der Waals surface area contributed by atoms with E-state index in [2.05, 4.69) is 40.0 Å². The Morgan fingerprint density at radius 1 is 0.711 bits per heavy atom. The number of alkyl halides is 7. The van der Waals surface area contributed by atoms with Gasteiger partial charge in [0.25, 0.3) is 11.8 Å². The summed E-state index contributed by atoms with van der Waals surface area (Å²) < 4.78 is 110. The fraction of sp³-hybridized carbons (Fsp3) is 0.424. The van der Waals surface area contributed by atoms with E-state index in [4.69, 9.17) is 32.4 Å². The van der Waals surface area contributed by atoms with E-state index in [1.165, 1.54) is 56.5 Å². The average molecular weight is 1430 g/mol. The van der Waals surface area contributed by atoms with Gasteiger partial charge in [-0.25, -0.2) is 9.36 Å². The molecule has 2 saturated heterocycles. The molecule has 1 radical (unpaired) electrons. The number of carbonyl (C=O) groups is 4. The Hall–Kier alpha value is -5.65. The molecule has 8 rings (SSSR count). The number of carboxylic acids is 1. The number of carboxylic acid groups (broad SMARTS) is 1. The normalized spacial score (nSPS) is 14.7. The van der Waals surface area contributed by atoms with Gasteiger partial charge in [-0.05, 0) is 177 Å². The van der Waals surface area contributed by atoms with Crippen molar-refractivity contribution in [1.82, 2.24) is 40.4 Å². The number of rotatable bonds is 16. The number of carbonyl (C=O) groups excluding carboxylic acids is 3. The Kier molecular flexibility index (Phi) is 27.5. The number of aliphatic carboxylic acids is 1. The maximum atomic E-state index is 13.4. The van der Waals surface area contributed by atoms with Crippen LogP contribution in [0.15, 0.2) is 109 Å². The number of nitrogens with zero attached hydrogens (tertiary/aromatic N) is 5. The van der Waals surface area contributed by atoms with Crippen LogP contribution >= 0.6 is 23.2 Å². The standard InChI is InChI=1S/C29H32ClF3N4O2.C23H21ClF3N3O3.C6H13N.CH3F.BH2.U/c1-19-13-15-36(16-14-19)27(38)8-4-7-26(21-5-3-6-22(17-21)29(31,32)33)35-28(39)25-18-34-37(20(25)2)24-11-9-23(30)10-12-24;1-14-19(13-28-30(14)18-10-8-17(24)9-11-18)22(33)29-20(6-3-7-21(31)32)15-4-2-5-16(12-15)23(25,26)27;1-6-2-4-7-5-3-6;1-2;;/h3,5-6,9-12,17-19,26H,4,7-8,13-16H2,1-2H3,(H,35,39);2,4-5,8-13,20H,3,6-7H2,1H3,(H,29,33)(H,31,32);6-7H,2-5H2,1H3;1H3;1H2;/t26-;20-;;;;/m00..../s1/i;;;1D;1T2;. The predicted molar refractivity (Wildman–Crippen MR) is 307 cm³/mol. The summed E-state index contributed by atoms with van der Waals surface area (Å²) in [5, 5.41) is 27.5. The molecular weight excluding hydrogens is 1350 g/mol. The molecule has 0 bridgehead atoms. The number of hydrogen-bond donors (Lipinski definition) is 4. The summed E-state index contributed by atoms with van der Waals surface area (Å²) in [7, 11) is -0.500. The molecular formula is C59H71BCl2F7N8O5U. The van der Waals surface area contributed by atoms with Crippen molar-refractivity contribution < 1.29 is 87.5 Å². The van der Waals surface area contributed by atoms with Crippen molar-refractivity contribution in [2.45, 2.75) is 116 Å². The monoisotopic (exact) mass is 1430 g/mol. The minimum absolute atomic E-state index is 0. The molecule has 0 unspecified atom stereocenters. The molecule has 2 atom stereocenters. The molecule has 447 valence electrons. The molecule has 4 N–H and O–H groups in total. The maximum Gasteiger partial charge on any atom is 0.416 e. The second-order valence-electron chi connectivity index (χ2n) is 20.0. The van der Waals surface area contributed by atoms with Gasteiger partial charge >= 0.3 is 18.3 Å². The first kappa shape index (κ1) is 66.5. The summed E-state index contributed by atoms with van der Waals surface area (Å²) >= 11 is 11.9. The zero-order valence-electron chi connectivity index (χ0n) is 49.6. The van der Waals surface area contributed by atoms with Gasteiger partial charge in [-0.2, -0.15) is 36.5 Å². The minimum Gasteiger partial charge on any atom is -0.481 e. The number of aromatic nitrogens is 4. The van der Waals surface area contributed by atoms with Crippen LogP contribution in [-0.4, -0.2) is 97.6 Å². The zero-order valence-corrected chi connectivity index (χ0v) is 52.3. The van der Waals surface area contributed by atoms with Gasteiger partial charge in [0.2, 0.25) is 5.91 Å². The Labute approximate surface area is 519 Å². The van der Waals surface area contributed by atoms with Crippen LogP contribution in [0.3, 0.4) is 0 Å². The van der Waals surface area contributed by atoms with Crippen molar-refractivity contribution >= 4 is 55.2 Å². The van der Waals surface area contributed by atoms with E-state index in [1.54, 1.807) is 77.8 Å². The molecule has 4 heterocycles. The van der Waals surface area contributed by atoms with E-state index in [1.807, 2.05) is 4.90 Å². The molecule has 13 nitrogen and oxygen atoms in total. The zero-order chi connectivity index (χ0) is 62.9. The fourth-order valence-electron chi connectivity index (χ4n) is 9.23. The number of benzene rings is 4. The topological polar surface area (TPSA) is 163 Å². The summed E-state index contributed by atoms with van der Waals surface area (Å²) in [6.07, 6.45) is -0.374. The number of piperidine rings is 2. The van der Waals surface area contributed by atoms with Gasteiger partial charge < -0.3 is 26.0 Å². The van der Waals surface area contributed by atoms with Crippen molar-refractivity contribution in [1.29, 1.82) is 2.67 Å². The van der Waals surface area contributed by atoms with Crippen LogP contribution in [0.2, 0.25) is 10.0 Å². The van der Waals surface area contributed by atoms with Crippen LogP contribution in [0.5, 0.6) is 0 Å². The summed E-state index contributed by atoms with van der Waals surface area (Å²) in [6.45, 7) is 11.9. The van der Waals surface area contributed by atoms with E-state index < -0.39 is 60.5 Å². The molecule has 83 heavy (non-hydrogen) atoms. The molecule has 0 saturated carbocycles. The fourth-order valence-corrected chi connectivity index (χ4v) is 9.48. The third-order valence-electron chi connectivity index (χ3n) is 14.0. The van der Waals surface area contributed by atoms with Crippen molar-refractivity contribution in [3.8, 4) is 11.4 Å². The van der Waals surface area contributed by atoms with Crippen molar-refractivity contribution in [3.05, 3.63) is 164 Å². The van der Waals surface area contributed by atoms with Gasteiger partial charge in [0.05, 0.1) is 86.4 Å². The molecule has 2 aliphatic rings. The van der Waals surface area contributed by atoms with Crippen molar-refractivity contribution in [2.75, 3.05) is 33.3 Å². The van der Waals surface area contributed by atoms with E-state index in [9.17, 15) is 49.9 Å². The molecule has 2 fully saturated rings. The van der Waals surface area contributed by atoms with Gasteiger partial charge in [-0.3, -0.25) is 23.6 Å². The second kappa shape index (κ2) is 34.3. The molecule has 2 aliphatic heterocycles. The van der Waals surface area contributed by atoms with Crippen molar-refractivity contribution in [2.24, 2.45) is 11.8 Å². The van der Waals surface area contributed by atoms with E-state index >= 15 is 0 Å². The van der Waals surface area contributed by atoms with Gasteiger partial charge in [0.15, 0.2) is 0 Å². The first-order valence-corrected chi connectivity index (χ1v) is 27.3. The third kappa shape index (κ3) is 22.0. The van der Waals surface area contributed by atoms with E-state index in [0.29, 0.717) is 65.3 Å². The number of halogens is 9. The Morgan fingerprint density at radius 2 is 1.10 bits per heavy atom. The average Bonchev–Trinajstić information content (AvgIpc) is 2.23. The SMILES string of the molecule is CC1CCNCC1.Cc1c(C(=O)N[C@@H](CCCC(=O)N2CCC(C)CC2)c2cccc(C(F)(F)F)c2)cnn1-c1ccc(Cl)cc1.Cc1c(C(=O)N[C@@H](CCCC(=O)O)c2cccc(C(F)(F)F)c2)cnn1-c1ccc(Cl)cc1.[2H]CF.[3H][B][3H].[U]. The minimum atomic E-state index is -4.54. The number of hydrogen-bond acceptors (Lipinski definition) is 7. The first-order valence-electron chi connectivity index (χ1n) is 28.4. The molecule has 0 spiro atoms. The maximum absolute atomic E-state index is 13.4. The quantitative estimate of drug-likeness (QED) is 0.0550. The molecule has 4 aromatic carbocycles. The van der Waals surface area contributed by atoms with Gasteiger partial charge in [-0.15, -0.1) is 0 Å².